The summed E-state index contributed by atoms with van der Waals surface area (Å²) in [7, 11) is 3.36. The van der Waals surface area contributed by atoms with E-state index in [4.69, 9.17) is 9.47 Å². The molecule has 0 saturated carbocycles. The average molecular weight is 301 g/mol. The number of rotatable bonds is 5. The second-order valence-corrected chi connectivity index (χ2v) is 6.53. The molecule has 0 spiro atoms. The molecule has 0 radical (unpaired) electrons. The van der Waals surface area contributed by atoms with Gasteiger partial charge in [-0.1, -0.05) is 36.7 Å². The number of halogens is 1. The van der Waals surface area contributed by atoms with Gasteiger partial charge in [0.2, 0.25) is 0 Å². The minimum absolute atomic E-state index is 0.0880. The van der Waals surface area contributed by atoms with Crippen molar-refractivity contribution < 1.29 is 9.47 Å². The Balaban J connectivity index is 3.11. The van der Waals surface area contributed by atoms with Gasteiger partial charge in [-0.15, -0.1) is 0 Å². The molecule has 1 atom stereocenters. The molecule has 0 heterocycles. The molecule has 96 valence electrons. The highest BCUT2D eigenvalue weighted by molar-refractivity contribution is 9.09. The maximum atomic E-state index is 5.31. The molecule has 1 unspecified atom stereocenters. The predicted octanol–water partition coefficient (Wildman–Crippen LogP) is 4.15. The monoisotopic (exact) mass is 300 g/mol. The second-order valence-electron chi connectivity index (χ2n) is 4.97. The number of hydrogen-bond acceptors (Lipinski definition) is 2. The van der Waals surface area contributed by atoms with E-state index >= 15 is 0 Å². The van der Waals surface area contributed by atoms with Gasteiger partial charge in [0.15, 0.2) is 0 Å². The summed E-state index contributed by atoms with van der Waals surface area (Å²) in [6, 6.07) is 6.06. The van der Waals surface area contributed by atoms with Gasteiger partial charge in [-0.2, -0.15) is 0 Å². The lowest BCUT2D eigenvalue weighted by Gasteiger charge is -2.27. The lowest BCUT2D eigenvalue weighted by molar-refractivity contribution is 0.388. The fraction of sp³-hybridized carbons (Fsp3) is 0.571. The molecule has 2 nitrogen and oxygen atoms in total. The van der Waals surface area contributed by atoms with Gasteiger partial charge in [0.05, 0.1) is 14.2 Å². The lowest BCUT2D eigenvalue weighted by atomic mass is 9.80. The van der Waals surface area contributed by atoms with Gasteiger partial charge >= 0.3 is 0 Å². The summed E-state index contributed by atoms with van der Waals surface area (Å²) in [6.45, 7) is 6.64. The average Bonchev–Trinajstić information content (AvgIpc) is 2.26. The summed E-state index contributed by atoms with van der Waals surface area (Å²) >= 11 is 3.62. The van der Waals surface area contributed by atoms with Crippen LogP contribution in [0.1, 0.15) is 32.8 Å². The third-order valence-electron chi connectivity index (χ3n) is 2.92. The van der Waals surface area contributed by atoms with Crippen molar-refractivity contribution in [1.29, 1.82) is 0 Å². The molecule has 3 heteroatoms. The molecule has 0 aliphatic carbocycles. The van der Waals surface area contributed by atoms with E-state index in [9.17, 15) is 0 Å². The molecule has 0 aliphatic rings. The van der Waals surface area contributed by atoms with Crippen LogP contribution >= 0.6 is 15.9 Å². The Morgan fingerprint density at radius 3 is 1.94 bits per heavy atom. The first kappa shape index (κ1) is 14.4. The van der Waals surface area contributed by atoms with E-state index in [0.717, 1.165) is 17.9 Å². The summed E-state index contributed by atoms with van der Waals surface area (Å²) in [5.74, 6) is 1.68. The Morgan fingerprint density at radius 2 is 1.59 bits per heavy atom. The zero-order valence-corrected chi connectivity index (χ0v) is 12.8. The van der Waals surface area contributed by atoms with Gasteiger partial charge in [0, 0.05) is 10.9 Å². The fourth-order valence-electron chi connectivity index (χ4n) is 2.02. The minimum atomic E-state index is 0.0880. The maximum Gasteiger partial charge on any atom is 0.122 e. The molecule has 0 aromatic heterocycles. The van der Waals surface area contributed by atoms with Crippen molar-refractivity contribution in [3.63, 3.8) is 0 Å². The van der Waals surface area contributed by atoms with Crippen LogP contribution in [0.25, 0.3) is 0 Å². The number of methoxy groups -OCH3 is 2. The first-order valence-electron chi connectivity index (χ1n) is 5.76. The molecule has 0 fully saturated rings. The van der Waals surface area contributed by atoms with Crippen LogP contribution < -0.4 is 9.47 Å². The highest BCUT2D eigenvalue weighted by atomic mass is 79.9. The Hall–Kier alpha value is -0.700. The van der Waals surface area contributed by atoms with Crippen LogP contribution in [-0.4, -0.2) is 19.0 Å². The van der Waals surface area contributed by atoms with Crippen molar-refractivity contribution in [2.24, 2.45) is 0 Å². The highest BCUT2D eigenvalue weighted by Crippen LogP contribution is 2.35. The van der Waals surface area contributed by atoms with Crippen LogP contribution in [0, 0.1) is 0 Å². The van der Waals surface area contributed by atoms with Crippen molar-refractivity contribution in [3.8, 4) is 11.5 Å². The van der Waals surface area contributed by atoms with E-state index in [1.165, 1.54) is 5.56 Å². The third kappa shape index (κ3) is 3.91. The maximum absolute atomic E-state index is 5.31. The summed E-state index contributed by atoms with van der Waals surface area (Å²) < 4.78 is 10.6. The predicted molar refractivity (Wildman–Crippen MR) is 75.6 cm³/mol. The van der Waals surface area contributed by atoms with E-state index in [1.807, 2.05) is 6.07 Å². The number of hydrogen-bond donors (Lipinski definition) is 0. The van der Waals surface area contributed by atoms with Crippen molar-refractivity contribution in [1.82, 2.24) is 0 Å². The molecule has 0 N–H and O–H groups in total. The molecular weight excluding hydrogens is 280 g/mol. The van der Waals surface area contributed by atoms with Gasteiger partial charge in [-0.05, 0) is 29.5 Å². The molecule has 1 aromatic carbocycles. The highest BCUT2D eigenvalue weighted by Gasteiger charge is 2.23. The van der Waals surface area contributed by atoms with Gasteiger partial charge in [0.25, 0.3) is 0 Å². The SMILES string of the molecule is COc1cc(OC)cc(C(C)(C)CC(C)Br)c1. The van der Waals surface area contributed by atoms with E-state index in [1.54, 1.807) is 14.2 Å². The molecule has 1 aromatic rings. The minimum Gasteiger partial charge on any atom is -0.497 e. The Kier molecular flexibility index (Phi) is 4.87. The van der Waals surface area contributed by atoms with Gasteiger partial charge < -0.3 is 9.47 Å². The topological polar surface area (TPSA) is 18.5 Å². The van der Waals surface area contributed by atoms with E-state index in [-0.39, 0.29) is 5.41 Å². The lowest BCUT2D eigenvalue weighted by Crippen LogP contribution is -2.20. The summed E-state index contributed by atoms with van der Waals surface area (Å²) in [5, 5.41) is 0. The summed E-state index contributed by atoms with van der Waals surface area (Å²) in [6.07, 6.45) is 1.06. The van der Waals surface area contributed by atoms with Gasteiger partial charge in [0.1, 0.15) is 11.5 Å². The Labute approximate surface area is 112 Å². The number of ether oxygens (including phenoxy) is 2. The largest absolute Gasteiger partial charge is 0.497 e. The molecule has 0 aliphatic heterocycles. The molecule has 17 heavy (non-hydrogen) atoms. The van der Waals surface area contributed by atoms with Crippen LogP contribution in [0.2, 0.25) is 0 Å². The van der Waals surface area contributed by atoms with Gasteiger partial charge in [-0.3, -0.25) is 0 Å². The van der Waals surface area contributed by atoms with Crippen LogP contribution in [0.3, 0.4) is 0 Å². The zero-order valence-electron chi connectivity index (χ0n) is 11.2. The van der Waals surface area contributed by atoms with Crippen LogP contribution in [-0.2, 0) is 5.41 Å². The van der Waals surface area contributed by atoms with Crippen molar-refractivity contribution in [2.45, 2.75) is 37.4 Å². The quantitative estimate of drug-likeness (QED) is 0.760. The fourth-order valence-corrected chi connectivity index (χ4v) is 2.83. The molecular formula is C14H21BrO2. The van der Waals surface area contributed by atoms with E-state index < -0.39 is 0 Å². The summed E-state index contributed by atoms with van der Waals surface area (Å²) in [4.78, 5) is 0.481. The Bertz CT molecular complexity index is 350. The van der Waals surface area contributed by atoms with Crippen molar-refractivity contribution in [3.05, 3.63) is 23.8 Å². The normalized spacial score (nSPS) is 13.3. The first-order valence-corrected chi connectivity index (χ1v) is 6.68. The molecule has 1 rings (SSSR count). The van der Waals surface area contributed by atoms with Crippen LogP contribution in [0.15, 0.2) is 18.2 Å². The number of alkyl halides is 1. The smallest absolute Gasteiger partial charge is 0.122 e. The molecule has 0 saturated heterocycles. The third-order valence-corrected chi connectivity index (χ3v) is 3.25. The van der Waals surface area contributed by atoms with E-state index in [0.29, 0.717) is 4.83 Å². The first-order chi connectivity index (χ1) is 7.89. The van der Waals surface area contributed by atoms with Crippen LogP contribution in [0.5, 0.6) is 11.5 Å². The molecule has 0 amide bonds. The zero-order chi connectivity index (χ0) is 13.1. The van der Waals surface area contributed by atoms with E-state index in [2.05, 4.69) is 48.8 Å². The number of benzene rings is 1. The Morgan fingerprint density at radius 1 is 1.12 bits per heavy atom. The summed E-state index contributed by atoms with van der Waals surface area (Å²) in [5.41, 5.74) is 1.32. The molecule has 0 bridgehead atoms. The van der Waals surface area contributed by atoms with Crippen molar-refractivity contribution in [2.75, 3.05) is 14.2 Å². The standard InChI is InChI=1S/C14H21BrO2/c1-10(15)9-14(2,3)11-6-12(16-4)8-13(7-11)17-5/h6-8,10H,9H2,1-5H3. The van der Waals surface area contributed by atoms with Crippen LogP contribution in [0.4, 0.5) is 0 Å². The van der Waals surface area contributed by atoms with Gasteiger partial charge in [-0.25, -0.2) is 0 Å². The second kappa shape index (κ2) is 5.76. The van der Waals surface area contributed by atoms with Crippen molar-refractivity contribution >= 4 is 15.9 Å².